The van der Waals surface area contributed by atoms with E-state index < -0.39 is 10.0 Å². The van der Waals surface area contributed by atoms with E-state index >= 15 is 0 Å². The molecule has 0 unspecified atom stereocenters. The molecule has 0 bridgehead atoms. The molecule has 6 heteroatoms. The van der Waals surface area contributed by atoms with Gasteiger partial charge in [-0.2, -0.15) is 4.31 Å². The first-order valence-electron chi connectivity index (χ1n) is 8.69. The van der Waals surface area contributed by atoms with E-state index in [1.54, 1.807) is 43.4 Å². The van der Waals surface area contributed by atoms with Crippen LogP contribution in [0.2, 0.25) is 0 Å². The van der Waals surface area contributed by atoms with E-state index in [9.17, 15) is 12.8 Å². The molecule has 144 valence electrons. The number of hydrogen-bond acceptors (Lipinski definition) is 3. The van der Waals surface area contributed by atoms with Crippen molar-refractivity contribution in [3.8, 4) is 0 Å². The van der Waals surface area contributed by atoms with Crippen molar-refractivity contribution in [1.82, 2.24) is 4.31 Å². The van der Waals surface area contributed by atoms with Crippen LogP contribution in [0.25, 0.3) is 5.70 Å². The molecule has 3 rings (SSSR count). The Kier molecular flexibility index (Phi) is 5.92. The zero-order valence-corrected chi connectivity index (χ0v) is 16.3. The lowest BCUT2D eigenvalue weighted by molar-refractivity contribution is 0.467. The second-order valence-corrected chi connectivity index (χ2v) is 8.37. The highest BCUT2D eigenvalue weighted by molar-refractivity contribution is 7.89. The summed E-state index contributed by atoms with van der Waals surface area (Å²) in [5, 5.41) is 3.05. The fourth-order valence-electron chi connectivity index (χ4n) is 2.77. The normalized spacial score (nSPS) is 11.4. The van der Waals surface area contributed by atoms with E-state index in [2.05, 4.69) is 11.9 Å². The first-order valence-corrected chi connectivity index (χ1v) is 10.1. The molecular formula is C22H21FN2O2S. The summed E-state index contributed by atoms with van der Waals surface area (Å²) in [5.74, 6) is -0.345. The molecule has 0 aliphatic carbocycles. The number of halogens is 1. The molecule has 0 radical (unpaired) electrons. The van der Waals surface area contributed by atoms with Crippen LogP contribution >= 0.6 is 0 Å². The van der Waals surface area contributed by atoms with Crippen LogP contribution in [0.5, 0.6) is 0 Å². The molecule has 0 aromatic heterocycles. The molecule has 28 heavy (non-hydrogen) atoms. The monoisotopic (exact) mass is 396 g/mol. The van der Waals surface area contributed by atoms with Crippen LogP contribution in [0.3, 0.4) is 0 Å². The van der Waals surface area contributed by atoms with E-state index in [4.69, 9.17) is 0 Å². The SMILES string of the molecule is C=C(Nc1ccccc1S(=O)(=O)N(C)Cc1ccccc1)c1ccc(F)cc1. The molecule has 3 aromatic rings. The molecule has 0 heterocycles. The number of para-hydroxylation sites is 1. The zero-order valence-electron chi connectivity index (χ0n) is 15.5. The van der Waals surface area contributed by atoms with Crippen LogP contribution in [0.15, 0.2) is 90.3 Å². The zero-order chi connectivity index (χ0) is 20.1. The molecule has 0 saturated heterocycles. The summed E-state index contributed by atoms with van der Waals surface area (Å²) < 4.78 is 40.7. The quantitative estimate of drug-likeness (QED) is 0.628. The molecule has 0 amide bonds. The molecule has 3 aromatic carbocycles. The van der Waals surface area contributed by atoms with Gasteiger partial charge in [0.25, 0.3) is 0 Å². The predicted octanol–water partition coefficient (Wildman–Crippen LogP) is 4.73. The van der Waals surface area contributed by atoms with Crippen molar-refractivity contribution in [1.29, 1.82) is 0 Å². The van der Waals surface area contributed by atoms with Gasteiger partial charge in [0.1, 0.15) is 10.7 Å². The van der Waals surface area contributed by atoms with Crippen LogP contribution in [0, 0.1) is 5.82 Å². The van der Waals surface area contributed by atoms with E-state index in [0.29, 0.717) is 16.9 Å². The maximum absolute atomic E-state index is 13.1. The van der Waals surface area contributed by atoms with Gasteiger partial charge in [-0.1, -0.05) is 61.2 Å². The molecule has 0 saturated carbocycles. The van der Waals surface area contributed by atoms with Gasteiger partial charge in [0, 0.05) is 19.3 Å². The minimum atomic E-state index is -3.73. The van der Waals surface area contributed by atoms with E-state index in [0.717, 1.165) is 5.56 Å². The maximum atomic E-state index is 13.1. The number of rotatable bonds is 7. The molecule has 0 aliphatic rings. The molecular weight excluding hydrogens is 375 g/mol. The Hall–Kier alpha value is -2.96. The minimum absolute atomic E-state index is 0.150. The van der Waals surface area contributed by atoms with Crippen LogP contribution in [0.1, 0.15) is 11.1 Å². The fraction of sp³-hybridized carbons (Fsp3) is 0.0909. The predicted molar refractivity (Wildman–Crippen MR) is 111 cm³/mol. The van der Waals surface area contributed by atoms with Crippen LogP contribution < -0.4 is 5.32 Å². The van der Waals surface area contributed by atoms with Gasteiger partial charge < -0.3 is 5.32 Å². The average molecular weight is 396 g/mol. The molecule has 1 N–H and O–H groups in total. The Morgan fingerprint density at radius 2 is 1.57 bits per heavy atom. The Balaban J connectivity index is 1.86. The van der Waals surface area contributed by atoms with Crippen molar-refractivity contribution in [3.63, 3.8) is 0 Å². The lowest BCUT2D eigenvalue weighted by Gasteiger charge is -2.20. The number of hydrogen-bond donors (Lipinski definition) is 1. The molecule has 0 aliphatic heterocycles. The highest BCUT2D eigenvalue weighted by atomic mass is 32.2. The van der Waals surface area contributed by atoms with Gasteiger partial charge in [-0.15, -0.1) is 0 Å². The fourth-order valence-corrected chi connectivity index (χ4v) is 4.08. The standard InChI is InChI=1S/C22H21FN2O2S/c1-17(19-12-14-20(23)15-13-19)24-21-10-6-7-11-22(21)28(26,27)25(2)16-18-8-4-3-5-9-18/h3-15,24H,1,16H2,2H3. The maximum Gasteiger partial charge on any atom is 0.245 e. The van der Waals surface area contributed by atoms with E-state index in [-0.39, 0.29) is 17.3 Å². The Morgan fingerprint density at radius 3 is 2.25 bits per heavy atom. The highest BCUT2D eigenvalue weighted by Crippen LogP contribution is 2.27. The summed E-state index contributed by atoms with van der Waals surface area (Å²) in [6.45, 7) is 4.20. The van der Waals surface area contributed by atoms with Gasteiger partial charge in [0.2, 0.25) is 10.0 Å². The third-order valence-corrected chi connectivity index (χ3v) is 6.16. The van der Waals surface area contributed by atoms with Crippen molar-refractivity contribution < 1.29 is 12.8 Å². The highest BCUT2D eigenvalue weighted by Gasteiger charge is 2.24. The summed E-state index contributed by atoms with van der Waals surface area (Å²) in [4.78, 5) is 0.150. The van der Waals surface area contributed by atoms with Gasteiger partial charge in [-0.25, -0.2) is 12.8 Å². The largest absolute Gasteiger partial charge is 0.354 e. The van der Waals surface area contributed by atoms with Gasteiger partial charge in [-0.05, 0) is 35.4 Å². The van der Waals surface area contributed by atoms with Gasteiger partial charge >= 0.3 is 0 Å². The summed E-state index contributed by atoms with van der Waals surface area (Å²) in [7, 11) is -2.18. The van der Waals surface area contributed by atoms with E-state index in [1.807, 2.05) is 30.3 Å². The second-order valence-electron chi connectivity index (χ2n) is 6.35. The Labute approximate surface area is 165 Å². The second kappa shape index (κ2) is 8.37. The van der Waals surface area contributed by atoms with Crippen molar-refractivity contribution in [2.45, 2.75) is 11.4 Å². The molecule has 0 spiro atoms. The third kappa shape index (κ3) is 4.47. The number of nitrogens with one attached hydrogen (secondary N) is 1. The number of sulfonamides is 1. The number of benzene rings is 3. The van der Waals surface area contributed by atoms with Crippen molar-refractivity contribution >= 4 is 21.4 Å². The lowest BCUT2D eigenvalue weighted by Crippen LogP contribution is -2.27. The summed E-state index contributed by atoms with van der Waals surface area (Å²) in [6, 6.07) is 21.9. The van der Waals surface area contributed by atoms with Gasteiger partial charge in [-0.3, -0.25) is 0 Å². The first-order chi connectivity index (χ1) is 13.4. The van der Waals surface area contributed by atoms with Crippen molar-refractivity contribution in [3.05, 3.63) is 102 Å². The molecule has 0 atom stereocenters. The number of anilines is 1. The minimum Gasteiger partial charge on any atom is -0.354 e. The molecule has 0 fully saturated rings. The Bertz CT molecular complexity index is 1070. The average Bonchev–Trinajstić information content (AvgIpc) is 2.69. The van der Waals surface area contributed by atoms with Gasteiger partial charge in [0.05, 0.1) is 5.69 Å². The van der Waals surface area contributed by atoms with Crippen LogP contribution in [-0.2, 0) is 16.6 Å². The van der Waals surface area contributed by atoms with Crippen molar-refractivity contribution in [2.75, 3.05) is 12.4 Å². The van der Waals surface area contributed by atoms with Gasteiger partial charge in [0.15, 0.2) is 0 Å². The lowest BCUT2D eigenvalue weighted by atomic mass is 10.1. The third-order valence-electron chi connectivity index (χ3n) is 4.30. The van der Waals surface area contributed by atoms with Crippen molar-refractivity contribution in [2.24, 2.45) is 0 Å². The summed E-state index contributed by atoms with van der Waals surface area (Å²) >= 11 is 0. The molecule has 4 nitrogen and oxygen atoms in total. The van der Waals surface area contributed by atoms with Crippen LogP contribution in [-0.4, -0.2) is 19.8 Å². The number of nitrogens with zero attached hydrogens (tertiary/aromatic N) is 1. The van der Waals surface area contributed by atoms with Crippen LogP contribution in [0.4, 0.5) is 10.1 Å². The smallest absolute Gasteiger partial charge is 0.245 e. The Morgan fingerprint density at radius 1 is 0.964 bits per heavy atom. The first kappa shape index (κ1) is 19.8. The van der Waals surface area contributed by atoms with E-state index in [1.165, 1.54) is 16.4 Å². The summed E-state index contributed by atoms with van der Waals surface area (Å²) in [5.41, 5.74) is 2.46. The topological polar surface area (TPSA) is 49.4 Å². The summed E-state index contributed by atoms with van der Waals surface area (Å²) in [6.07, 6.45) is 0.